The fourth-order valence-electron chi connectivity index (χ4n) is 4.44. The van der Waals surface area contributed by atoms with E-state index in [1.54, 1.807) is 24.5 Å². The Morgan fingerprint density at radius 3 is 2.42 bits per heavy atom. The van der Waals surface area contributed by atoms with Gasteiger partial charge in [0.2, 0.25) is 5.91 Å². The number of nitrogens with zero attached hydrogens (tertiary/aromatic N) is 3. The van der Waals surface area contributed by atoms with Crippen LogP contribution in [0.2, 0.25) is 0 Å². The van der Waals surface area contributed by atoms with E-state index in [-0.39, 0.29) is 11.7 Å². The number of rotatable bonds is 7. The van der Waals surface area contributed by atoms with E-state index in [1.807, 2.05) is 47.0 Å². The van der Waals surface area contributed by atoms with Crippen LogP contribution in [-0.2, 0) is 17.8 Å². The molecule has 0 aliphatic rings. The molecule has 0 radical (unpaired) electrons. The zero-order valence-corrected chi connectivity index (χ0v) is 20.3. The maximum atomic E-state index is 13.8. The molecule has 1 unspecified atom stereocenters. The molecule has 5 nitrogen and oxygen atoms in total. The van der Waals surface area contributed by atoms with Gasteiger partial charge in [-0.2, -0.15) is 0 Å². The Hall–Kier alpha value is -4.32. The Kier molecular flexibility index (Phi) is 6.58. The van der Waals surface area contributed by atoms with Gasteiger partial charge in [0.25, 0.3) is 0 Å². The van der Waals surface area contributed by atoms with Crippen LogP contribution in [0.4, 0.5) is 4.39 Å². The van der Waals surface area contributed by atoms with Crippen molar-refractivity contribution in [3.63, 3.8) is 0 Å². The van der Waals surface area contributed by atoms with Crippen LogP contribution in [0, 0.1) is 19.7 Å². The van der Waals surface area contributed by atoms with Crippen molar-refractivity contribution in [3.8, 4) is 0 Å². The molecule has 0 bridgehead atoms. The first-order chi connectivity index (χ1) is 17.5. The number of imidazole rings is 1. The van der Waals surface area contributed by atoms with Crippen molar-refractivity contribution in [2.45, 2.75) is 32.9 Å². The summed E-state index contributed by atoms with van der Waals surface area (Å²) < 4.78 is 15.6. The van der Waals surface area contributed by atoms with Crippen molar-refractivity contribution in [1.29, 1.82) is 0 Å². The summed E-state index contributed by atoms with van der Waals surface area (Å²) >= 11 is 0. The predicted molar refractivity (Wildman–Crippen MR) is 139 cm³/mol. The summed E-state index contributed by atoms with van der Waals surface area (Å²) in [6.07, 6.45) is 3.92. The van der Waals surface area contributed by atoms with Crippen molar-refractivity contribution in [3.05, 3.63) is 131 Å². The molecule has 3 aromatic carbocycles. The van der Waals surface area contributed by atoms with Crippen LogP contribution in [0.1, 0.15) is 39.7 Å². The van der Waals surface area contributed by atoms with Gasteiger partial charge in [-0.15, -0.1) is 0 Å². The molecule has 0 aliphatic carbocycles. The minimum absolute atomic E-state index is 0.136. The lowest BCUT2D eigenvalue weighted by atomic mass is 10.0. The van der Waals surface area contributed by atoms with Gasteiger partial charge in [-0.05, 0) is 72.0 Å². The number of benzene rings is 3. The Morgan fingerprint density at radius 1 is 0.944 bits per heavy atom. The third-order valence-electron chi connectivity index (χ3n) is 6.46. The summed E-state index contributed by atoms with van der Waals surface area (Å²) in [7, 11) is 0. The lowest BCUT2D eigenvalue weighted by Gasteiger charge is -2.22. The second-order valence-corrected chi connectivity index (χ2v) is 9.02. The molecular formula is C30H27FN4O. The van der Waals surface area contributed by atoms with Crippen LogP contribution in [0.15, 0.2) is 91.3 Å². The molecule has 5 aromatic rings. The Balaban J connectivity index is 1.63. The molecule has 1 amide bonds. The number of carbonyl (C=O) groups is 1. The number of amides is 1. The summed E-state index contributed by atoms with van der Waals surface area (Å²) in [5.41, 5.74) is 6.68. The zero-order valence-electron chi connectivity index (χ0n) is 20.3. The number of aromatic nitrogens is 3. The smallest absolute Gasteiger partial charge is 0.248 e. The highest BCUT2D eigenvalue weighted by Gasteiger charge is 2.27. The average molecular weight is 479 g/mol. The first kappa shape index (κ1) is 23.4. The van der Waals surface area contributed by atoms with Crippen LogP contribution in [-0.4, -0.2) is 20.4 Å². The second-order valence-electron chi connectivity index (χ2n) is 9.02. The molecule has 5 rings (SSSR count). The molecule has 2 aromatic heterocycles. The number of carbonyl (C=O) groups excluding carboxylic acids is 1. The molecule has 0 saturated heterocycles. The first-order valence-electron chi connectivity index (χ1n) is 11.9. The summed E-state index contributed by atoms with van der Waals surface area (Å²) in [5.74, 6) is 0.324. The predicted octanol–water partition coefficient (Wildman–Crippen LogP) is 5.68. The standard InChI is InChI=1S/C30H27FN4O/c1-20-15-26-27(16-21(20)2)35(28(34-26)17-22-10-12-25(31)13-11-22)29(24-8-4-3-5-9-24)30(36)33-19-23-7-6-14-32-18-23/h3-16,18,29H,17,19H2,1-2H3,(H,33,36). The fraction of sp³-hybridized carbons (Fsp3) is 0.167. The van der Waals surface area contributed by atoms with E-state index in [4.69, 9.17) is 4.98 Å². The highest BCUT2D eigenvalue weighted by Crippen LogP contribution is 2.30. The molecule has 6 heteroatoms. The first-order valence-corrected chi connectivity index (χ1v) is 11.9. The van der Waals surface area contributed by atoms with E-state index >= 15 is 0 Å². The highest BCUT2D eigenvalue weighted by atomic mass is 19.1. The number of halogens is 1. The minimum atomic E-state index is -0.634. The molecule has 0 saturated carbocycles. The summed E-state index contributed by atoms with van der Waals surface area (Å²) in [4.78, 5) is 22.9. The van der Waals surface area contributed by atoms with Crippen LogP contribution in [0.3, 0.4) is 0 Å². The van der Waals surface area contributed by atoms with Crippen LogP contribution >= 0.6 is 0 Å². The molecular weight excluding hydrogens is 451 g/mol. The largest absolute Gasteiger partial charge is 0.350 e. The van der Waals surface area contributed by atoms with Crippen LogP contribution < -0.4 is 5.32 Å². The van der Waals surface area contributed by atoms with E-state index in [0.29, 0.717) is 13.0 Å². The topological polar surface area (TPSA) is 59.8 Å². The van der Waals surface area contributed by atoms with E-state index in [1.165, 1.54) is 12.1 Å². The number of aryl methyl sites for hydroxylation is 2. The maximum absolute atomic E-state index is 13.8. The Morgan fingerprint density at radius 2 is 1.69 bits per heavy atom. The molecule has 2 heterocycles. The van der Waals surface area contributed by atoms with Crippen LogP contribution in [0.5, 0.6) is 0 Å². The van der Waals surface area contributed by atoms with Crippen molar-refractivity contribution >= 4 is 16.9 Å². The van der Waals surface area contributed by atoms with Gasteiger partial charge < -0.3 is 9.88 Å². The number of hydrogen-bond donors (Lipinski definition) is 1. The summed E-state index contributed by atoms with van der Waals surface area (Å²) in [6, 6.07) is 23.5. The quantitative estimate of drug-likeness (QED) is 0.327. The molecule has 0 fully saturated rings. The molecule has 0 aliphatic heterocycles. The average Bonchev–Trinajstić information content (AvgIpc) is 3.22. The maximum Gasteiger partial charge on any atom is 0.248 e. The number of fused-ring (bicyclic) bond motifs is 1. The fourth-order valence-corrected chi connectivity index (χ4v) is 4.44. The van der Waals surface area contributed by atoms with Crippen molar-refractivity contribution in [1.82, 2.24) is 19.9 Å². The normalized spacial score (nSPS) is 12.0. The lowest BCUT2D eigenvalue weighted by Crippen LogP contribution is -2.33. The van der Waals surface area contributed by atoms with E-state index in [9.17, 15) is 9.18 Å². The number of hydrogen-bond acceptors (Lipinski definition) is 3. The Bertz CT molecular complexity index is 1500. The van der Waals surface area contributed by atoms with Gasteiger partial charge in [-0.25, -0.2) is 9.37 Å². The van der Waals surface area contributed by atoms with E-state index in [0.717, 1.165) is 44.7 Å². The van der Waals surface area contributed by atoms with Gasteiger partial charge in [0, 0.05) is 25.4 Å². The van der Waals surface area contributed by atoms with Gasteiger partial charge >= 0.3 is 0 Å². The van der Waals surface area contributed by atoms with Crippen LogP contribution in [0.25, 0.3) is 11.0 Å². The molecule has 1 atom stereocenters. The van der Waals surface area contributed by atoms with Crippen molar-refractivity contribution in [2.75, 3.05) is 0 Å². The number of nitrogens with one attached hydrogen (secondary N) is 1. The zero-order chi connectivity index (χ0) is 25.1. The third kappa shape index (κ3) is 4.89. The lowest BCUT2D eigenvalue weighted by molar-refractivity contribution is -0.123. The monoisotopic (exact) mass is 478 g/mol. The SMILES string of the molecule is Cc1cc2nc(Cc3ccc(F)cc3)n(C(C(=O)NCc3cccnc3)c3ccccc3)c2cc1C. The van der Waals surface area contributed by atoms with Crippen molar-refractivity contribution in [2.24, 2.45) is 0 Å². The van der Waals surface area contributed by atoms with Gasteiger partial charge in [0.05, 0.1) is 11.0 Å². The number of pyridine rings is 1. The third-order valence-corrected chi connectivity index (χ3v) is 6.46. The van der Waals surface area contributed by atoms with Crippen molar-refractivity contribution < 1.29 is 9.18 Å². The van der Waals surface area contributed by atoms with Gasteiger partial charge in [0.1, 0.15) is 17.7 Å². The highest BCUT2D eigenvalue weighted by molar-refractivity contribution is 5.87. The van der Waals surface area contributed by atoms with Gasteiger partial charge in [-0.3, -0.25) is 9.78 Å². The van der Waals surface area contributed by atoms with E-state index in [2.05, 4.69) is 36.3 Å². The molecule has 36 heavy (non-hydrogen) atoms. The molecule has 0 spiro atoms. The molecule has 180 valence electrons. The van der Waals surface area contributed by atoms with Gasteiger partial charge in [0.15, 0.2) is 0 Å². The second kappa shape index (κ2) is 10.1. The summed E-state index contributed by atoms with van der Waals surface area (Å²) in [5, 5.41) is 3.10. The molecule has 1 N–H and O–H groups in total. The summed E-state index contributed by atoms with van der Waals surface area (Å²) in [6.45, 7) is 4.49. The van der Waals surface area contributed by atoms with E-state index < -0.39 is 6.04 Å². The Labute approximate surface area is 209 Å². The minimum Gasteiger partial charge on any atom is -0.350 e. The van der Waals surface area contributed by atoms with Gasteiger partial charge in [-0.1, -0.05) is 48.5 Å².